The number of aromatic hydroxyl groups is 1. The molecule has 21 heavy (non-hydrogen) atoms. The summed E-state index contributed by atoms with van der Waals surface area (Å²) in [5.74, 6) is -0.0467. The van der Waals surface area contributed by atoms with Crippen LogP contribution < -0.4 is 5.32 Å². The van der Waals surface area contributed by atoms with Crippen LogP contribution in [0.3, 0.4) is 0 Å². The first-order chi connectivity index (χ1) is 9.88. The van der Waals surface area contributed by atoms with E-state index in [2.05, 4.69) is 21.2 Å². The minimum Gasteiger partial charge on any atom is -0.506 e. The fraction of sp³-hybridized carbons (Fsp3) is 0.0769. The zero-order valence-electron chi connectivity index (χ0n) is 10.4. The number of phenolic OH excluding ortho intramolecular Hbond substituents is 1. The van der Waals surface area contributed by atoms with Crippen molar-refractivity contribution in [1.29, 1.82) is 0 Å². The molecule has 2 rings (SSSR count). The SMILES string of the molecule is O=[N+]([O-])c1ccc(NCc2cc(Cl)cc(Cl)c2O)cc1Br. The maximum absolute atomic E-state index is 10.7. The molecule has 0 aliphatic heterocycles. The number of nitrogens with zero attached hydrogens (tertiary/aromatic N) is 1. The number of anilines is 1. The number of nitrogens with one attached hydrogen (secondary N) is 1. The lowest BCUT2D eigenvalue weighted by molar-refractivity contribution is -0.385. The van der Waals surface area contributed by atoms with Gasteiger partial charge in [-0.05, 0) is 40.2 Å². The van der Waals surface area contributed by atoms with Crippen LogP contribution in [-0.4, -0.2) is 10.0 Å². The van der Waals surface area contributed by atoms with Gasteiger partial charge in [-0.2, -0.15) is 0 Å². The van der Waals surface area contributed by atoms with Gasteiger partial charge in [0, 0.05) is 28.9 Å². The van der Waals surface area contributed by atoms with E-state index in [0.717, 1.165) is 0 Å². The maximum atomic E-state index is 10.7. The summed E-state index contributed by atoms with van der Waals surface area (Å²) in [5, 5.41) is 24.2. The number of hydrogen-bond donors (Lipinski definition) is 2. The van der Waals surface area contributed by atoms with E-state index in [1.54, 1.807) is 18.2 Å². The number of halogens is 3. The van der Waals surface area contributed by atoms with Crippen molar-refractivity contribution in [3.05, 3.63) is 60.5 Å². The highest BCUT2D eigenvalue weighted by Gasteiger charge is 2.12. The van der Waals surface area contributed by atoms with Crippen LogP contribution in [0, 0.1) is 10.1 Å². The highest BCUT2D eigenvalue weighted by atomic mass is 79.9. The molecule has 0 atom stereocenters. The molecule has 110 valence electrons. The predicted octanol–water partition coefficient (Wildman–Crippen LogP) is 4.98. The minimum absolute atomic E-state index is 0.0193. The third-order valence-electron chi connectivity index (χ3n) is 2.73. The zero-order valence-corrected chi connectivity index (χ0v) is 13.5. The summed E-state index contributed by atoms with van der Waals surface area (Å²) in [7, 11) is 0. The number of phenols is 1. The van der Waals surface area contributed by atoms with Gasteiger partial charge in [-0.15, -0.1) is 0 Å². The molecule has 0 aliphatic rings. The topological polar surface area (TPSA) is 75.4 Å². The van der Waals surface area contributed by atoms with Gasteiger partial charge >= 0.3 is 0 Å². The van der Waals surface area contributed by atoms with Crippen LogP contribution >= 0.6 is 39.1 Å². The third-order valence-corrected chi connectivity index (χ3v) is 3.88. The van der Waals surface area contributed by atoms with Gasteiger partial charge in [-0.25, -0.2) is 0 Å². The van der Waals surface area contributed by atoms with E-state index >= 15 is 0 Å². The largest absolute Gasteiger partial charge is 0.506 e. The molecule has 8 heteroatoms. The summed E-state index contributed by atoms with van der Waals surface area (Å²) < 4.78 is 0.367. The lowest BCUT2D eigenvalue weighted by Gasteiger charge is -2.10. The average molecular weight is 392 g/mol. The highest BCUT2D eigenvalue weighted by molar-refractivity contribution is 9.10. The van der Waals surface area contributed by atoms with E-state index in [1.807, 2.05) is 0 Å². The van der Waals surface area contributed by atoms with E-state index in [-0.39, 0.29) is 23.0 Å². The van der Waals surface area contributed by atoms with Gasteiger partial charge < -0.3 is 10.4 Å². The molecule has 0 spiro atoms. The van der Waals surface area contributed by atoms with E-state index in [1.165, 1.54) is 12.1 Å². The Bertz CT molecular complexity index is 710. The van der Waals surface area contributed by atoms with Gasteiger partial charge in [0.1, 0.15) is 5.75 Å². The van der Waals surface area contributed by atoms with Crippen LogP contribution in [0.2, 0.25) is 10.0 Å². The van der Waals surface area contributed by atoms with Crippen LogP contribution in [0.4, 0.5) is 11.4 Å². The smallest absolute Gasteiger partial charge is 0.283 e. The van der Waals surface area contributed by atoms with E-state index in [0.29, 0.717) is 20.7 Å². The number of nitro benzene ring substituents is 1. The monoisotopic (exact) mass is 390 g/mol. The molecule has 0 radical (unpaired) electrons. The molecule has 0 aromatic heterocycles. The first-order valence-electron chi connectivity index (χ1n) is 5.73. The Morgan fingerprint density at radius 1 is 1.29 bits per heavy atom. The molecule has 0 fully saturated rings. The Labute approximate surface area is 138 Å². The van der Waals surface area contributed by atoms with E-state index in [4.69, 9.17) is 23.2 Å². The van der Waals surface area contributed by atoms with Gasteiger partial charge in [0.2, 0.25) is 0 Å². The summed E-state index contributed by atoms with van der Waals surface area (Å²) in [5.41, 5.74) is 1.17. The van der Waals surface area contributed by atoms with Crippen molar-refractivity contribution in [2.24, 2.45) is 0 Å². The number of rotatable bonds is 4. The number of nitro groups is 1. The highest BCUT2D eigenvalue weighted by Crippen LogP contribution is 2.32. The molecule has 0 amide bonds. The molecule has 0 bridgehead atoms. The quantitative estimate of drug-likeness (QED) is 0.569. The van der Waals surface area contributed by atoms with Crippen molar-refractivity contribution in [2.45, 2.75) is 6.54 Å². The van der Waals surface area contributed by atoms with E-state index in [9.17, 15) is 15.2 Å². The van der Waals surface area contributed by atoms with Crippen molar-refractivity contribution >= 4 is 50.5 Å². The molecular weight excluding hydrogens is 383 g/mol. The summed E-state index contributed by atoms with van der Waals surface area (Å²) in [6.45, 7) is 0.274. The second-order valence-corrected chi connectivity index (χ2v) is 5.87. The molecule has 0 unspecified atom stereocenters. The lowest BCUT2D eigenvalue weighted by Crippen LogP contribution is -2.00. The third kappa shape index (κ3) is 3.78. The summed E-state index contributed by atoms with van der Waals surface area (Å²) >= 11 is 14.9. The zero-order chi connectivity index (χ0) is 15.6. The molecular formula is C13H9BrCl2N2O3. The predicted molar refractivity (Wildman–Crippen MR) is 86.2 cm³/mol. The maximum Gasteiger partial charge on any atom is 0.283 e. The first kappa shape index (κ1) is 15.9. The Morgan fingerprint density at radius 2 is 2.00 bits per heavy atom. The van der Waals surface area contributed by atoms with E-state index < -0.39 is 4.92 Å². The van der Waals surface area contributed by atoms with Gasteiger partial charge in [0.15, 0.2) is 0 Å². The van der Waals surface area contributed by atoms with Crippen molar-refractivity contribution in [3.63, 3.8) is 0 Å². The molecule has 2 aromatic carbocycles. The van der Waals surface area contributed by atoms with Crippen LogP contribution in [0.15, 0.2) is 34.8 Å². The molecule has 2 N–H and O–H groups in total. The van der Waals surface area contributed by atoms with Crippen LogP contribution in [0.5, 0.6) is 5.75 Å². The van der Waals surface area contributed by atoms with Crippen molar-refractivity contribution in [3.8, 4) is 5.75 Å². The fourth-order valence-corrected chi connectivity index (χ4v) is 2.78. The van der Waals surface area contributed by atoms with Gasteiger partial charge in [0.05, 0.1) is 14.4 Å². The normalized spacial score (nSPS) is 10.4. The fourth-order valence-electron chi connectivity index (χ4n) is 1.72. The standard InChI is InChI=1S/C13H9BrCl2N2O3/c14-10-5-9(1-2-12(10)18(20)21)17-6-7-3-8(15)4-11(16)13(7)19/h1-5,17,19H,6H2. The summed E-state index contributed by atoms with van der Waals surface area (Å²) in [4.78, 5) is 10.2. The molecule has 0 aliphatic carbocycles. The number of benzene rings is 2. The number of hydrogen-bond acceptors (Lipinski definition) is 4. The molecule has 0 heterocycles. The van der Waals surface area contributed by atoms with Gasteiger partial charge in [0.25, 0.3) is 5.69 Å². The van der Waals surface area contributed by atoms with Crippen LogP contribution in [-0.2, 0) is 6.54 Å². The Morgan fingerprint density at radius 3 is 2.62 bits per heavy atom. The van der Waals surface area contributed by atoms with Crippen molar-refractivity contribution in [1.82, 2.24) is 0 Å². The molecule has 5 nitrogen and oxygen atoms in total. The molecule has 0 saturated heterocycles. The molecule has 0 saturated carbocycles. The van der Waals surface area contributed by atoms with Crippen LogP contribution in [0.1, 0.15) is 5.56 Å². The Kier molecular flexibility index (Phi) is 4.92. The summed E-state index contributed by atoms with van der Waals surface area (Å²) in [6.07, 6.45) is 0. The minimum atomic E-state index is -0.476. The van der Waals surface area contributed by atoms with Crippen molar-refractivity contribution < 1.29 is 10.0 Å². The summed E-state index contributed by atoms with van der Waals surface area (Å²) in [6, 6.07) is 7.59. The van der Waals surface area contributed by atoms with Crippen molar-refractivity contribution in [2.75, 3.05) is 5.32 Å². The molecule has 2 aromatic rings. The van der Waals surface area contributed by atoms with Crippen LogP contribution in [0.25, 0.3) is 0 Å². The average Bonchev–Trinajstić information content (AvgIpc) is 2.40. The first-order valence-corrected chi connectivity index (χ1v) is 7.28. The lowest BCUT2D eigenvalue weighted by atomic mass is 10.2. The van der Waals surface area contributed by atoms with Gasteiger partial charge in [-0.3, -0.25) is 10.1 Å². The second-order valence-electron chi connectivity index (χ2n) is 4.17. The Hall–Kier alpha value is -1.50. The Balaban J connectivity index is 2.17. The second kappa shape index (κ2) is 6.51. The van der Waals surface area contributed by atoms with Gasteiger partial charge in [-0.1, -0.05) is 23.2 Å².